The highest BCUT2D eigenvalue weighted by Crippen LogP contribution is 2.10. The molecule has 1 saturated heterocycles. The molecule has 0 spiro atoms. The Labute approximate surface area is 88.5 Å². The second-order valence-electron chi connectivity index (χ2n) is 3.88. The van der Waals surface area contributed by atoms with Crippen LogP contribution in [0.3, 0.4) is 0 Å². The Hall–Kier alpha value is -1.23. The lowest BCUT2D eigenvalue weighted by Gasteiger charge is -2.20. The van der Waals surface area contributed by atoms with Gasteiger partial charge in [0.05, 0.1) is 12.4 Å². The lowest BCUT2D eigenvalue weighted by molar-refractivity contribution is 0.587. The summed E-state index contributed by atoms with van der Waals surface area (Å²) < 4.78 is 12.6. The van der Waals surface area contributed by atoms with Crippen molar-refractivity contribution in [1.82, 2.24) is 15.3 Å². The van der Waals surface area contributed by atoms with Gasteiger partial charge in [-0.3, -0.25) is 0 Å². The highest BCUT2D eigenvalue weighted by atomic mass is 19.1. The molecule has 0 radical (unpaired) electrons. The molecule has 4 nitrogen and oxygen atoms in total. The molecule has 0 bridgehead atoms. The summed E-state index contributed by atoms with van der Waals surface area (Å²) in [4.78, 5) is 9.81. The molecular weight excluding hydrogens is 195 g/mol. The van der Waals surface area contributed by atoms with Crippen LogP contribution in [0.15, 0.2) is 12.4 Å². The largest absolute Gasteiger partial charge is 0.342 e. The van der Waals surface area contributed by atoms with Gasteiger partial charge in [-0.25, -0.2) is 14.4 Å². The molecule has 15 heavy (non-hydrogen) atoms. The van der Waals surface area contributed by atoms with Crippen molar-refractivity contribution in [3.05, 3.63) is 18.2 Å². The van der Waals surface area contributed by atoms with E-state index in [4.69, 9.17) is 0 Å². The number of rotatable bonds is 3. The molecule has 1 N–H and O–H groups in total. The van der Waals surface area contributed by atoms with E-state index in [1.807, 2.05) is 11.9 Å². The summed E-state index contributed by atoms with van der Waals surface area (Å²) in [6.07, 6.45) is 4.80. The van der Waals surface area contributed by atoms with E-state index in [0.29, 0.717) is 12.0 Å². The minimum atomic E-state index is -0.397. The number of hydrogen-bond acceptors (Lipinski definition) is 4. The van der Waals surface area contributed by atoms with Crippen molar-refractivity contribution in [3.8, 4) is 0 Å². The van der Waals surface area contributed by atoms with E-state index in [-0.39, 0.29) is 0 Å². The van der Waals surface area contributed by atoms with E-state index in [9.17, 15) is 4.39 Å². The number of anilines is 1. The second kappa shape index (κ2) is 4.53. The summed E-state index contributed by atoms with van der Waals surface area (Å²) in [6, 6.07) is 0.503. The van der Waals surface area contributed by atoms with Crippen LogP contribution in [0.1, 0.15) is 12.8 Å². The highest BCUT2D eigenvalue weighted by molar-refractivity contribution is 5.27. The number of likely N-dealkylation sites (N-methyl/N-ethyl adjacent to an activating group) is 1. The molecule has 5 heteroatoms. The van der Waals surface area contributed by atoms with Crippen molar-refractivity contribution in [2.24, 2.45) is 0 Å². The summed E-state index contributed by atoms with van der Waals surface area (Å²) in [5.41, 5.74) is 0. The standard InChI is InChI=1S/C10H15FN4/c1-15(7-9-3-2-4-12-9)10-13-5-8(11)6-14-10/h5-6,9,12H,2-4,7H2,1H3. The molecule has 0 aromatic carbocycles. The van der Waals surface area contributed by atoms with Gasteiger partial charge in [-0.05, 0) is 19.4 Å². The maximum absolute atomic E-state index is 12.6. The fraction of sp³-hybridized carbons (Fsp3) is 0.600. The summed E-state index contributed by atoms with van der Waals surface area (Å²) in [5, 5.41) is 3.40. The predicted octanol–water partition coefficient (Wildman–Crippen LogP) is 0.804. The zero-order chi connectivity index (χ0) is 10.7. The van der Waals surface area contributed by atoms with Crippen molar-refractivity contribution >= 4 is 5.95 Å². The van der Waals surface area contributed by atoms with Crippen LogP contribution in [0.4, 0.5) is 10.3 Å². The number of nitrogens with one attached hydrogen (secondary N) is 1. The van der Waals surface area contributed by atoms with Crippen LogP contribution in [0.5, 0.6) is 0 Å². The Morgan fingerprint density at radius 1 is 1.53 bits per heavy atom. The van der Waals surface area contributed by atoms with Crippen LogP contribution < -0.4 is 10.2 Å². The maximum atomic E-state index is 12.6. The van der Waals surface area contributed by atoms with E-state index in [1.54, 1.807) is 0 Å². The fourth-order valence-corrected chi connectivity index (χ4v) is 1.83. The summed E-state index contributed by atoms with van der Waals surface area (Å²) in [5.74, 6) is 0.177. The van der Waals surface area contributed by atoms with Gasteiger partial charge >= 0.3 is 0 Å². The second-order valence-corrected chi connectivity index (χ2v) is 3.88. The molecule has 0 saturated carbocycles. The lowest BCUT2D eigenvalue weighted by atomic mass is 10.2. The number of halogens is 1. The Balaban J connectivity index is 1.94. The number of hydrogen-bond donors (Lipinski definition) is 1. The van der Waals surface area contributed by atoms with Crippen LogP contribution in [-0.2, 0) is 0 Å². The predicted molar refractivity (Wildman–Crippen MR) is 56.3 cm³/mol. The minimum absolute atomic E-state index is 0.397. The Kier molecular flexibility index (Phi) is 3.11. The van der Waals surface area contributed by atoms with Crippen molar-refractivity contribution < 1.29 is 4.39 Å². The number of nitrogens with zero attached hydrogens (tertiary/aromatic N) is 3. The van der Waals surface area contributed by atoms with Crippen molar-refractivity contribution in [1.29, 1.82) is 0 Å². The van der Waals surface area contributed by atoms with E-state index in [0.717, 1.165) is 13.1 Å². The molecule has 2 heterocycles. The zero-order valence-electron chi connectivity index (χ0n) is 8.78. The summed E-state index contributed by atoms with van der Waals surface area (Å²) in [6.45, 7) is 1.95. The van der Waals surface area contributed by atoms with Crippen LogP contribution in [-0.4, -0.2) is 36.1 Å². The van der Waals surface area contributed by atoms with Gasteiger partial charge in [0.15, 0.2) is 5.82 Å². The van der Waals surface area contributed by atoms with Gasteiger partial charge in [-0.15, -0.1) is 0 Å². The quantitative estimate of drug-likeness (QED) is 0.801. The lowest BCUT2D eigenvalue weighted by Crippen LogP contribution is -2.36. The Morgan fingerprint density at radius 3 is 2.87 bits per heavy atom. The van der Waals surface area contributed by atoms with E-state index >= 15 is 0 Å². The maximum Gasteiger partial charge on any atom is 0.225 e. The molecule has 1 aromatic rings. The zero-order valence-corrected chi connectivity index (χ0v) is 8.78. The third-order valence-electron chi connectivity index (χ3n) is 2.60. The third kappa shape index (κ3) is 2.62. The average molecular weight is 210 g/mol. The molecule has 0 aliphatic carbocycles. The van der Waals surface area contributed by atoms with Gasteiger partial charge in [0.25, 0.3) is 0 Å². The normalized spacial score (nSPS) is 20.5. The first-order valence-electron chi connectivity index (χ1n) is 5.18. The van der Waals surface area contributed by atoms with E-state index < -0.39 is 5.82 Å². The Bertz CT molecular complexity index is 308. The molecule has 82 valence electrons. The van der Waals surface area contributed by atoms with Gasteiger partial charge in [0.1, 0.15) is 0 Å². The first-order chi connectivity index (χ1) is 7.25. The number of aromatic nitrogens is 2. The van der Waals surface area contributed by atoms with Gasteiger partial charge in [-0.1, -0.05) is 0 Å². The van der Waals surface area contributed by atoms with Crippen LogP contribution in [0.2, 0.25) is 0 Å². The molecule has 1 aliphatic rings. The molecule has 1 aromatic heterocycles. The smallest absolute Gasteiger partial charge is 0.225 e. The van der Waals surface area contributed by atoms with Crippen LogP contribution >= 0.6 is 0 Å². The first-order valence-corrected chi connectivity index (χ1v) is 5.18. The first kappa shape index (κ1) is 10.3. The van der Waals surface area contributed by atoms with E-state index in [1.165, 1.54) is 25.2 Å². The molecule has 1 fully saturated rings. The summed E-state index contributed by atoms with van der Waals surface area (Å²) in [7, 11) is 1.92. The fourth-order valence-electron chi connectivity index (χ4n) is 1.83. The SMILES string of the molecule is CN(CC1CCCN1)c1ncc(F)cn1. The van der Waals surface area contributed by atoms with Crippen molar-refractivity contribution in [3.63, 3.8) is 0 Å². The van der Waals surface area contributed by atoms with Crippen molar-refractivity contribution in [2.45, 2.75) is 18.9 Å². The van der Waals surface area contributed by atoms with Crippen LogP contribution in [0.25, 0.3) is 0 Å². The molecule has 2 rings (SSSR count). The highest BCUT2D eigenvalue weighted by Gasteiger charge is 2.16. The van der Waals surface area contributed by atoms with E-state index in [2.05, 4.69) is 15.3 Å². The minimum Gasteiger partial charge on any atom is -0.342 e. The topological polar surface area (TPSA) is 41.0 Å². The van der Waals surface area contributed by atoms with Gasteiger partial charge in [0, 0.05) is 19.6 Å². The molecule has 1 unspecified atom stereocenters. The van der Waals surface area contributed by atoms with Crippen LogP contribution in [0, 0.1) is 5.82 Å². The van der Waals surface area contributed by atoms with Gasteiger partial charge in [-0.2, -0.15) is 0 Å². The monoisotopic (exact) mass is 210 g/mol. The molecule has 1 aliphatic heterocycles. The third-order valence-corrected chi connectivity index (χ3v) is 2.60. The molecule has 0 amide bonds. The average Bonchev–Trinajstić information content (AvgIpc) is 2.71. The van der Waals surface area contributed by atoms with Gasteiger partial charge in [0.2, 0.25) is 5.95 Å². The Morgan fingerprint density at radius 2 is 2.27 bits per heavy atom. The summed E-state index contributed by atoms with van der Waals surface area (Å²) >= 11 is 0. The van der Waals surface area contributed by atoms with Gasteiger partial charge < -0.3 is 10.2 Å². The molecular formula is C10H15FN4. The molecule has 1 atom stereocenters. The van der Waals surface area contributed by atoms with Crippen molar-refractivity contribution in [2.75, 3.05) is 25.0 Å².